The van der Waals surface area contributed by atoms with E-state index < -0.39 is 6.03 Å². The van der Waals surface area contributed by atoms with Gasteiger partial charge < -0.3 is 11.5 Å². The predicted octanol–water partition coefficient (Wildman–Crippen LogP) is 3.46. The van der Waals surface area contributed by atoms with Crippen molar-refractivity contribution in [3.63, 3.8) is 0 Å². The summed E-state index contributed by atoms with van der Waals surface area (Å²) in [5.74, 6) is 0. The summed E-state index contributed by atoms with van der Waals surface area (Å²) in [5.41, 5.74) is 18.4. The quantitative estimate of drug-likeness (QED) is 0.764. The van der Waals surface area contributed by atoms with Crippen molar-refractivity contribution < 1.29 is 4.79 Å². The Morgan fingerprint density at radius 3 is 2.80 bits per heavy atom. The van der Waals surface area contributed by atoms with E-state index in [4.69, 9.17) is 16.6 Å². The van der Waals surface area contributed by atoms with Crippen LogP contribution in [0.15, 0.2) is 11.8 Å². The van der Waals surface area contributed by atoms with Crippen LogP contribution in [0.5, 0.6) is 0 Å². The first kappa shape index (κ1) is 16.2. The molecule has 25 heavy (non-hydrogen) atoms. The molecule has 1 fully saturated rings. The number of rotatable bonds is 5. The van der Waals surface area contributed by atoms with Crippen molar-refractivity contribution in [1.29, 1.82) is 0 Å². The lowest BCUT2D eigenvalue weighted by molar-refractivity contribution is 0.259. The molecular formula is C18H23N5OS. The number of amides is 2. The topological polar surface area (TPSA) is 99.0 Å². The zero-order valence-corrected chi connectivity index (χ0v) is 15.2. The first-order chi connectivity index (χ1) is 12.1. The lowest BCUT2D eigenvalue weighted by Crippen LogP contribution is -2.19. The second-order valence-corrected chi connectivity index (χ2v) is 7.75. The first-order valence-corrected chi connectivity index (χ1v) is 9.66. The molecule has 6 nitrogen and oxygen atoms in total. The van der Waals surface area contributed by atoms with E-state index in [1.54, 1.807) is 11.3 Å². The second kappa shape index (κ2) is 6.22. The van der Waals surface area contributed by atoms with E-state index in [-0.39, 0.29) is 0 Å². The number of hydrogen-bond acceptors (Lipinski definition) is 4. The lowest BCUT2D eigenvalue weighted by Gasteiger charge is -2.13. The summed E-state index contributed by atoms with van der Waals surface area (Å²) < 4.78 is 2.05. The van der Waals surface area contributed by atoms with Crippen LogP contribution in [0.3, 0.4) is 0 Å². The minimum absolute atomic E-state index is 0.549. The summed E-state index contributed by atoms with van der Waals surface area (Å²) in [6, 6.07) is -0.549. The molecule has 1 saturated carbocycles. The van der Waals surface area contributed by atoms with E-state index in [1.807, 2.05) is 4.68 Å². The highest BCUT2D eigenvalue weighted by molar-refractivity contribution is 7.20. The monoisotopic (exact) mass is 357 g/mol. The number of nitrogens with zero attached hydrogens (tertiary/aromatic N) is 2. The summed E-state index contributed by atoms with van der Waals surface area (Å²) in [7, 11) is 0. The molecule has 4 rings (SSSR count). The van der Waals surface area contributed by atoms with Gasteiger partial charge in [-0.2, -0.15) is 5.10 Å². The zero-order chi connectivity index (χ0) is 17.6. The van der Waals surface area contributed by atoms with Gasteiger partial charge in [0.1, 0.15) is 5.00 Å². The van der Waals surface area contributed by atoms with E-state index in [1.165, 1.54) is 21.6 Å². The fourth-order valence-electron chi connectivity index (χ4n) is 3.43. The highest BCUT2D eigenvalue weighted by Gasteiger charge is 2.30. The number of aryl methyl sites for hydroxylation is 2. The molecular weight excluding hydrogens is 334 g/mol. The fourth-order valence-corrected chi connectivity index (χ4v) is 4.73. The molecule has 0 aliphatic heterocycles. The van der Waals surface area contributed by atoms with Gasteiger partial charge in [0.15, 0.2) is 0 Å². The first-order valence-electron chi connectivity index (χ1n) is 8.85. The van der Waals surface area contributed by atoms with E-state index in [2.05, 4.69) is 18.4 Å². The number of carbonyl (C=O) groups excluding carboxylic acids is 1. The number of allylic oxidation sites excluding steroid dienone is 1. The van der Waals surface area contributed by atoms with Crippen molar-refractivity contribution in [2.45, 2.75) is 52.0 Å². The van der Waals surface area contributed by atoms with Gasteiger partial charge in [-0.3, -0.25) is 10.00 Å². The third kappa shape index (κ3) is 2.93. The molecule has 2 amide bonds. The second-order valence-electron chi connectivity index (χ2n) is 6.73. The van der Waals surface area contributed by atoms with Crippen molar-refractivity contribution in [3.05, 3.63) is 28.6 Å². The largest absolute Gasteiger partial charge is 0.398 e. The molecule has 2 aromatic heterocycles. The van der Waals surface area contributed by atoms with E-state index >= 15 is 0 Å². The molecule has 0 radical (unpaired) electrons. The number of thiophene rings is 1. The Bertz CT molecular complexity index is 870. The van der Waals surface area contributed by atoms with Crippen LogP contribution in [0.1, 0.15) is 49.4 Å². The number of primary amides is 1. The fraction of sp³-hybridized carbons (Fsp3) is 0.444. The van der Waals surface area contributed by atoms with Crippen molar-refractivity contribution in [2.24, 2.45) is 11.5 Å². The molecule has 0 aromatic carbocycles. The highest BCUT2D eigenvalue weighted by atomic mass is 32.1. The molecule has 2 heterocycles. The average Bonchev–Trinajstić information content (AvgIpc) is 3.24. The summed E-state index contributed by atoms with van der Waals surface area (Å²) in [6.07, 6.45) is 8.31. The van der Waals surface area contributed by atoms with Gasteiger partial charge in [0.25, 0.3) is 0 Å². The number of hydrogen-bond donors (Lipinski definition) is 3. The molecule has 0 unspecified atom stereocenters. The number of unbranched alkanes of at least 4 members (excludes halogenated alkanes) is 1. The number of carbonyl (C=O) groups is 1. The van der Waals surface area contributed by atoms with Crippen molar-refractivity contribution in [1.82, 2.24) is 9.78 Å². The van der Waals surface area contributed by atoms with Crippen LogP contribution in [0.4, 0.5) is 9.80 Å². The highest BCUT2D eigenvalue weighted by Crippen LogP contribution is 2.48. The Hall–Kier alpha value is -2.28. The number of nitrogens with one attached hydrogen (secondary N) is 1. The normalized spacial score (nSPS) is 14.8. The van der Waals surface area contributed by atoms with Gasteiger partial charge in [-0.25, -0.2) is 4.79 Å². The van der Waals surface area contributed by atoms with Gasteiger partial charge >= 0.3 is 6.03 Å². The molecule has 2 aliphatic rings. The van der Waals surface area contributed by atoms with Crippen LogP contribution in [0.25, 0.3) is 16.1 Å². The molecule has 132 valence electrons. The van der Waals surface area contributed by atoms with Crippen LogP contribution in [-0.4, -0.2) is 15.8 Å². The molecule has 0 saturated heterocycles. The summed E-state index contributed by atoms with van der Waals surface area (Å²) in [5, 5.41) is 8.30. The maximum atomic E-state index is 11.5. The van der Waals surface area contributed by atoms with Crippen molar-refractivity contribution in [2.75, 3.05) is 5.32 Å². The van der Waals surface area contributed by atoms with Gasteiger partial charge in [0, 0.05) is 34.4 Å². The minimum Gasteiger partial charge on any atom is -0.398 e. The van der Waals surface area contributed by atoms with Gasteiger partial charge in [0.2, 0.25) is 0 Å². The Morgan fingerprint density at radius 2 is 2.12 bits per heavy atom. The maximum absolute atomic E-state index is 11.5. The van der Waals surface area contributed by atoms with Gasteiger partial charge in [-0.1, -0.05) is 13.3 Å². The number of anilines is 1. The Morgan fingerprint density at radius 1 is 1.32 bits per heavy atom. The molecule has 0 atom stereocenters. The summed E-state index contributed by atoms with van der Waals surface area (Å²) >= 11 is 1.56. The number of aromatic nitrogens is 2. The standard InChI is InChI=1S/C18H23N5OS/c1-2-3-8-23-9-12-13(22-23)7-6-11-14(15(19)10-4-5-10)17(21-18(20)24)25-16(11)12/h9H,2-8,19H2,1H3,(H3,20,21,24). The molecule has 5 N–H and O–H groups in total. The van der Waals surface area contributed by atoms with Crippen molar-refractivity contribution >= 4 is 28.1 Å². The maximum Gasteiger partial charge on any atom is 0.317 e. The molecule has 0 spiro atoms. The summed E-state index contributed by atoms with van der Waals surface area (Å²) in [6.45, 7) is 3.12. The third-order valence-corrected chi connectivity index (χ3v) is 6.01. The molecule has 2 aliphatic carbocycles. The number of nitrogens with two attached hydrogens (primary N) is 2. The predicted molar refractivity (Wildman–Crippen MR) is 101 cm³/mol. The average molecular weight is 357 g/mol. The van der Waals surface area contributed by atoms with Crippen molar-refractivity contribution in [3.8, 4) is 10.4 Å². The molecule has 2 aromatic rings. The third-order valence-electron chi connectivity index (χ3n) is 4.83. The Labute approximate surface area is 150 Å². The number of urea groups is 1. The van der Waals surface area contributed by atoms with Crippen LogP contribution in [-0.2, 0) is 19.4 Å². The zero-order valence-electron chi connectivity index (χ0n) is 14.4. The SMILES string of the molecule is CCCCn1cc2c(n1)CCc1c-2sc(NC(N)=O)c1C(N)=C1CC1. The van der Waals surface area contributed by atoms with Gasteiger partial charge in [-0.15, -0.1) is 11.3 Å². The van der Waals surface area contributed by atoms with Gasteiger partial charge in [0.05, 0.1) is 5.69 Å². The smallest absolute Gasteiger partial charge is 0.317 e. The summed E-state index contributed by atoms with van der Waals surface area (Å²) in [4.78, 5) is 12.6. The van der Waals surface area contributed by atoms with E-state index in [0.717, 1.165) is 67.0 Å². The van der Waals surface area contributed by atoms with Gasteiger partial charge in [-0.05, 0) is 43.2 Å². The Kier molecular flexibility index (Phi) is 4.03. The number of fused-ring (bicyclic) bond motifs is 3. The van der Waals surface area contributed by atoms with Crippen LogP contribution in [0.2, 0.25) is 0 Å². The molecule has 0 bridgehead atoms. The minimum atomic E-state index is -0.549. The van der Waals surface area contributed by atoms with E-state index in [0.29, 0.717) is 0 Å². The van der Waals surface area contributed by atoms with Crippen LogP contribution in [0, 0.1) is 0 Å². The van der Waals surface area contributed by atoms with E-state index in [9.17, 15) is 4.79 Å². The Balaban J connectivity index is 1.80. The van der Waals surface area contributed by atoms with Crippen LogP contribution < -0.4 is 16.8 Å². The van der Waals surface area contributed by atoms with Crippen LogP contribution >= 0.6 is 11.3 Å². The molecule has 7 heteroatoms. The lowest BCUT2D eigenvalue weighted by atomic mass is 9.93.